The van der Waals surface area contributed by atoms with Gasteiger partial charge in [-0.25, -0.2) is 17.9 Å². The molecule has 0 spiro atoms. The van der Waals surface area contributed by atoms with Crippen molar-refractivity contribution in [3.05, 3.63) is 101 Å². The van der Waals surface area contributed by atoms with Crippen LogP contribution >= 0.6 is 0 Å². The molecule has 0 unspecified atom stereocenters. The standard InChI is InChI=1S/C22H16N2O6S/c25-20-18-11-4-5-12-19(18)21(26)24(20)30-22(27)16-9-6-10-17(13-16)31(28,29)23-14-15-7-2-1-3-8-15/h1-13,23H,14H2. The number of rotatable bonds is 6. The molecule has 1 heterocycles. The molecule has 2 amide bonds. The molecule has 8 nitrogen and oxygen atoms in total. The second kappa shape index (κ2) is 8.13. The molecule has 4 rings (SSSR count). The summed E-state index contributed by atoms with van der Waals surface area (Å²) in [5.41, 5.74) is 0.898. The van der Waals surface area contributed by atoms with Crippen LogP contribution < -0.4 is 4.72 Å². The molecule has 1 N–H and O–H groups in total. The van der Waals surface area contributed by atoms with Gasteiger partial charge in [-0.3, -0.25) is 9.59 Å². The average molecular weight is 436 g/mol. The highest BCUT2D eigenvalue weighted by Gasteiger charge is 2.38. The van der Waals surface area contributed by atoms with Gasteiger partial charge in [0.25, 0.3) is 11.8 Å². The van der Waals surface area contributed by atoms with Crippen LogP contribution in [0.15, 0.2) is 83.8 Å². The van der Waals surface area contributed by atoms with E-state index >= 15 is 0 Å². The fourth-order valence-electron chi connectivity index (χ4n) is 3.03. The van der Waals surface area contributed by atoms with Crippen molar-refractivity contribution in [2.45, 2.75) is 11.4 Å². The maximum atomic E-state index is 12.6. The summed E-state index contributed by atoms with van der Waals surface area (Å²) in [6.45, 7) is 0.0763. The van der Waals surface area contributed by atoms with E-state index in [9.17, 15) is 22.8 Å². The summed E-state index contributed by atoms with van der Waals surface area (Å²) in [6.07, 6.45) is 0. The van der Waals surface area contributed by atoms with Crippen molar-refractivity contribution < 1.29 is 27.6 Å². The molecule has 0 radical (unpaired) electrons. The molecule has 3 aromatic carbocycles. The zero-order valence-electron chi connectivity index (χ0n) is 16.0. The number of hydrogen-bond acceptors (Lipinski definition) is 6. The molecule has 9 heteroatoms. The molecule has 0 fully saturated rings. The highest BCUT2D eigenvalue weighted by molar-refractivity contribution is 7.89. The Morgan fingerprint density at radius 1 is 0.839 bits per heavy atom. The summed E-state index contributed by atoms with van der Waals surface area (Å²) in [5, 5.41) is 0.377. The van der Waals surface area contributed by atoms with E-state index < -0.39 is 27.8 Å². The molecule has 0 atom stereocenters. The van der Waals surface area contributed by atoms with Gasteiger partial charge >= 0.3 is 5.97 Å². The van der Waals surface area contributed by atoms with Crippen molar-refractivity contribution in [3.8, 4) is 0 Å². The van der Waals surface area contributed by atoms with E-state index in [1.165, 1.54) is 30.3 Å². The first-order chi connectivity index (χ1) is 14.9. The minimum atomic E-state index is -3.91. The second-order valence-corrected chi connectivity index (χ2v) is 8.43. The van der Waals surface area contributed by atoms with E-state index in [-0.39, 0.29) is 28.1 Å². The molecule has 3 aromatic rings. The van der Waals surface area contributed by atoms with Crippen molar-refractivity contribution in [3.63, 3.8) is 0 Å². The third-order valence-electron chi connectivity index (χ3n) is 4.62. The molecule has 0 saturated heterocycles. The van der Waals surface area contributed by atoms with Crippen molar-refractivity contribution in [1.29, 1.82) is 0 Å². The van der Waals surface area contributed by atoms with Crippen LogP contribution in [-0.2, 0) is 21.4 Å². The van der Waals surface area contributed by atoms with Gasteiger partial charge in [0.2, 0.25) is 10.0 Å². The molecule has 0 aromatic heterocycles. The number of sulfonamides is 1. The van der Waals surface area contributed by atoms with Crippen molar-refractivity contribution in [2.24, 2.45) is 0 Å². The SMILES string of the molecule is O=C(ON1C(=O)c2ccccc2C1=O)c1cccc(S(=O)(=O)NCc2ccccc2)c1. The van der Waals surface area contributed by atoms with E-state index in [2.05, 4.69) is 4.72 Å². The number of benzene rings is 3. The number of carbonyl (C=O) groups is 3. The molecular weight excluding hydrogens is 420 g/mol. The Labute approximate surface area is 178 Å². The van der Waals surface area contributed by atoms with Crippen LogP contribution in [0.1, 0.15) is 36.6 Å². The Bertz CT molecular complexity index is 1250. The van der Waals surface area contributed by atoms with Crippen LogP contribution in [0, 0.1) is 0 Å². The lowest BCUT2D eigenvalue weighted by atomic mass is 10.1. The molecule has 0 saturated carbocycles. The fourth-order valence-corrected chi connectivity index (χ4v) is 4.10. The Kier molecular flexibility index (Phi) is 5.37. The van der Waals surface area contributed by atoms with Gasteiger partial charge in [-0.2, -0.15) is 0 Å². The van der Waals surface area contributed by atoms with Crippen LogP contribution in [0.25, 0.3) is 0 Å². The summed E-state index contributed by atoms with van der Waals surface area (Å²) >= 11 is 0. The Balaban J connectivity index is 1.50. The fraction of sp³-hybridized carbons (Fsp3) is 0.0455. The minimum absolute atomic E-state index is 0.0763. The number of carbonyl (C=O) groups excluding carboxylic acids is 3. The lowest BCUT2D eigenvalue weighted by Crippen LogP contribution is -2.32. The first-order valence-corrected chi connectivity index (χ1v) is 10.7. The second-order valence-electron chi connectivity index (χ2n) is 6.67. The largest absolute Gasteiger partial charge is 0.363 e. The quantitative estimate of drug-likeness (QED) is 0.595. The van der Waals surface area contributed by atoms with Gasteiger partial charge in [0.15, 0.2) is 0 Å². The van der Waals surface area contributed by atoms with Crippen LogP contribution in [0.4, 0.5) is 0 Å². The molecule has 156 valence electrons. The monoisotopic (exact) mass is 436 g/mol. The normalized spacial score (nSPS) is 13.2. The van der Waals surface area contributed by atoms with Crippen LogP contribution in [0.5, 0.6) is 0 Å². The highest BCUT2D eigenvalue weighted by Crippen LogP contribution is 2.23. The first-order valence-electron chi connectivity index (χ1n) is 9.20. The number of fused-ring (bicyclic) bond motifs is 1. The van der Waals surface area contributed by atoms with Crippen LogP contribution in [-0.4, -0.2) is 31.3 Å². The Morgan fingerprint density at radius 3 is 2.10 bits per heavy atom. The third-order valence-corrected chi connectivity index (χ3v) is 6.02. The Morgan fingerprint density at radius 2 is 1.45 bits per heavy atom. The first kappa shape index (κ1) is 20.5. The van der Waals surface area contributed by atoms with Gasteiger partial charge in [0.1, 0.15) is 0 Å². The number of hydroxylamine groups is 2. The van der Waals surface area contributed by atoms with Crippen molar-refractivity contribution in [1.82, 2.24) is 9.79 Å². The summed E-state index contributed by atoms with van der Waals surface area (Å²) in [7, 11) is -3.91. The average Bonchev–Trinajstić information content (AvgIpc) is 3.03. The predicted octanol–water partition coefficient (Wildman–Crippen LogP) is 2.53. The zero-order chi connectivity index (χ0) is 22.0. The molecule has 1 aliphatic heterocycles. The summed E-state index contributed by atoms with van der Waals surface area (Å²) in [4.78, 5) is 42.0. The number of nitrogens with zero attached hydrogens (tertiary/aromatic N) is 1. The van der Waals surface area contributed by atoms with Gasteiger partial charge in [-0.05, 0) is 35.9 Å². The van der Waals surface area contributed by atoms with Crippen molar-refractivity contribution >= 4 is 27.8 Å². The van der Waals surface area contributed by atoms with Gasteiger partial charge < -0.3 is 4.84 Å². The predicted molar refractivity (Wildman–Crippen MR) is 109 cm³/mol. The van der Waals surface area contributed by atoms with E-state index in [4.69, 9.17) is 4.84 Å². The maximum Gasteiger partial charge on any atom is 0.363 e. The van der Waals surface area contributed by atoms with Gasteiger partial charge in [-0.15, -0.1) is 0 Å². The topological polar surface area (TPSA) is 110 Å². The lowest BCUT2D eigenvalue weighted by Gasteiger charge is -2.13. The van der Waals surface area contributed by atoms with Gasteiger partial charge in [-0.1, -0.05) is 53.6 Å². The summed E-state index contributed by atoms with van der Waals surface area (Å²) < 4.78 is 27.7. The number of hydrogen-bond donors (Lipinski definition) is 1. The molecular formula is C22H16N2O6S. The number of imide groups is 1. The van der Waals surface area contributed by atoms with Crippen molar-refractivity contribution in [2.75, 3.05) is 0 Å². The van der Waals surface area contributed by atoms with Gasteiger partial charge in [0, 0.05) is 6.54 Å². The lowest BCUT2D eigenvalue weighted by molar-refractivity contribution is -0.0584. The minimum Gasteiger partial charge on any atom is -0.324 e. The zero-order valence-corrected chi connectivity index (χ0v) is 16.8. The third kappa shape index (κ3) is 4.09. The van der Waals surface area contributed by atoms with E-state index in [1.807, 2.05) is 6.07 Å². The van der Waals surface area contributed by atoms with E-state index in [0.29, 0.717) is 5.06 Å². The number of amides is 2. The molecule has 31 heavy (non-hydrogen) atoms. The van der Waals surface area contributed by atoms with Gasteiger partial charge in [0.05, 0.1) is 21.6 Å². The van der Waals surface area contributed by atoms with Crippen LogP contribution in [0.3, 0.4) is 0 Å². The number of nitrogens with one attached hydrogen (secondary N) is 1. The maximum absolute atomic E-state index is 12.6. The highest BCUT2D eigenvalue weighted by atomic mass is 32.2. The molecule has 1 aliphatic rings. The summed E-state index contributed by atoms with van der Waals surface area (Å²) in [5.74, 6) is -2.56. The molecule has 0 aliphatic carbocycles. The van der Waals surface area contributed by atoms with E-state index in [0.717, 1.165) is 11.6 Å². The van der Waals surface area contributed by atoms with E-state index in [1.54, 1.807) is 36.4 Å². The Hall–Kier alpha value is -3.82. The summed E-state index contributed by atoms with van der Waals surface area (Å²) in [6, 6.07) is 20.2. The molecule has 0 bridgehead atoms. The smallest absolute Gasteiger partial charge is 0.324 e. The van der Waals surface area contributed by atoms with Crippen LogP contribution in [0.2, 0.25) is 0 Å².